The predicted octanol–water partition coefficient (Wildman–Crippen LogP) is 8.27. The molecule has 0 aliphatic rings. The number of benzene rings is 4. The Morgan fingerprint density at radius 1 is 0.750 bits per heavy atom. The van der Waals surface area contributed by atoms with Crippen LogP contribution in [0.3, 0.4) is 0 Å². The predicted molar refractivity (Wildman–Crippen MR) is 136 cm³/mol. The summed E-state index contributed by atoms with van der Waals surface area (Å²) < 4.78 is 2.29. The molecule has 32 heavy (non-hydrogen) atoms. The Hall–Kier alpha value is -2.72. The molecular weight excluding hydrogens is 455 g/mol. The molecule has 1 atom stereocenters. The average Bonchev–Trinajstić information content (AvgIpc) is 3.19. The average molecular weight is 475 g/mol. The van der Waals surface area contributed by atoms with Crippen molar-refractivity contribution in [3.8, 4) is 0 Å². The van der Waals surface area contributed by atoms with Gasteiger partial charge < -0.3 is 4.57 Å². The molecule has 0 N–H and O–H groups in total. The quantitative estimate of drug-likeness (QED) is 0.230. The molecule has 0 bridgehead atoms. The van der Waals surface area contributed by atoms with Crippen molar-refractivity contribution in [1.82, 2.24) is 9.55 Å². The van der Waals surface area contributed by atoms with E-state index in [1.165, 1.54) is 10.5 Å². The van der Waals surface area contributed by atoms with Crippen LogP contribution >= 0.6 is 35.0 Å². The number of aromatic nitrogens is 2. The molecule has 1 unspecified atom stereocenters. The van der Waals surface area contributed by atoms with E-state index < -0.39 is 0 Å². The number of halogens is 2. The van der Waals surface area contributed by atoms with Crippen molar-refractivity contribution in [2.24, 2.45) is 0 Å². The molecule has 0 spiro atoms. The number of para-hydroxylation sites is 2. The molecule has 0 fully saturated rings. The molecule has 0 saturated carbocycles. The molecule has 158 valence electrons. The molecule has 5 aromatic rings. The van der Waals surface area contributed by atoms with Crippen molar-refractivity contribution in [3.05, 3.63) is 130 Å². The number of hydrogen-bond donors (Lipinski definition) is 0. The van der Waals surface area contributed by atoms with Crippen LogP contribution in [-0.2, 0) is 6.54 Å². The first-order valence-corrected chi connectivity index (χ1v) is 12.0. The minimum absolute atomic E-state index is 0.0359. The Balaban J connectivity index is 1.66. The van der Waals surface area contributed by atoms with Gasteiger partial charge in [0, 0.05) is 11.4 Å². The molecule has 5 rings (SSSR count). The summed E-state index contributed by atoms with van der Waals surface area (Å²) in [5.74, 6) is 1.01. The zero-order chi connectivity index (χ0) is 21.9. The number of nitrogens with zero attached hydrogens (tertiary/aromatic N) is 2. The van der Waals surface area contributed by atoms with Crippen molar-refractivity contribution in [2.75, 3.05) is 0 Å². The molecule has 0 aliphatic heterocycles. The highest BCUT2D eigenvalue weighted by Crippen LogP contribution is 2.41. The van der Waals surface area contributed by atoms with Gasteiger partial charge in [-0.3, -0.25) is 0 Å². The third-order valence-electron chi connectivity index (χ3n) is 5.34. The molecule has 0 saturated heterocycles. The fraction of sp³-hybridized carbons (Fsp3) is 0.0741. The van der Waals surface area contributed by atoms with E-state index in [4.69, 9.17) is 28.2 Å². The van der Waals surface area contributed by atoms with Gasteiger partial charge >= 0.3 is 0 Å². The first kappa shape index (κ1) is 21.1. The van der Waals surface area contributed by atoms with Gasteiger partial charge in [0.25, 0.3) is 0 Å². The maximum atomic E-state index is 6.32. The lowest BCUT2D eigenvalue weighted by Gasteiger charge is -2.19. The summed E-state index contributed by atoms with van der Waals surface area (Å²) in [5, 5.41) is 1.16. The Morgan fingerprint density at radius 3 is 2.19 bits per heavy atom. The Kier molecular flexibility index (Phi) is 6.22. The van der Waals surface area contributed by atoms with E-state index in [2.05, 4.69) is 71.3 Å². The zero-order valence-electron chi connectivity index (χ0n) is 17.2. The van der Waals surface area contributed by atoms with Crippen molar-refractivity contribution >= 4 is 46.0 Å². The molecule has 1 aromatic heterocycles. The maximum absolute atomic E-state index is 6.32. The van der Waals surface area contributed by atoms with Crippen LogP contribution in [-0.4, -0.2) is 9.55 Å². The number of rotatable bonds is 6. The second-order valence-electron chi connectivity index (χ2n) is 7.51. The van der Waals surface area contributed by atoms with Crippen molar-refractivity contribution in [3.63, 3.8) is 0 Å². The van der Waals surface area contributed by atoms with E-state index in [0.29, 0.717) is 16.6 Å². The molecule has 5 heteroatoms. The third kappa shape index (κ3) is 4.42. The summed E-state index contributed by atoms with van der Waals surface area (Å²) in [6.45, 7) is 0.658. The van der Waals surface area contributed by atoms with E-state index in [-0.39, 0.29) is 5.25 Å². The van der Waals surface area contributed by atoms with Crippen LogP contribution in [0.25, 0.3) is 11.0 Å². The summed E-state index contributed by atoms with van der Waals surface area (Å²) in [5.41, 5.74) is 4.38. The molecule has 0 amide bonds. The van der Waals surface area contributed by atoms with Crippen LogP contribution < -0.4 is 0 Å². The van der Waals surface area contributed by atoms with Gasteiger partial charge in [0.2, 0.25) is 0 Å². The highest BCUT2D eigenvalue weighted by Gasteiger charge is 2.23. The van der Waals surface area contributed by atoms with Gasteiger partial charge in [0.15, 0.2) is 0 Å². The maximum Gasteiger partial charge on any atom is 0.128 e. The minimum atomic E-state index is 0.0359. The summed E-state index contributed by atoms with van der Waals surface area (Å²) in [6, 6.07) is 35.1. The van der Waals surface area contributed by atoms with E-state index in [1.54, 1.807) is 0 Å². The van der Waals surface area contributed by atoms with Gasteiger partial charge in [-0.2, -0.15) is 0 Å². The topological polar surface area (TPSA) is 17.8 Å². The minimum Gasteiger partial charge on any atom is -0.322 e. The second-order valence-corrected chi connectivity index (χ2v) is 9.51. The second kappa shape index (κ2) is 9.41. The van der Waals surface area contributed by atoms with Crippen molar-refractivity contribution in [2.45, 2.75) is 16.7 Å². The van der Waals surface area contributed by atoms with Crippen LogP contribution in [0.1, 0.15) is 22.2 Å². The largest absolute Gasteiger partial charge is 0.322 e. The zero-order valence-corrected chi connectivity index (χ0v) is 19.5. The third-order valence-corrected chi connectivity index (χ3v) is 7.34. The first-order valence-electron chi connectivity index (χ1n) is 10.3. The highest BCUT2D eigenvalue weighted by molar-refractivity contribution is 7.99. The Morgan fingerprint density at radius 2 is 1.44 bits per heavy atom. The standard InChI is InChI=1S/C27H20Cl2N2S/c28-22-16-15-19(17-23(22)29)18-31-25-14-8-7-13-24(25)30-27(31)26(20-9-3-1-4-10-20)32-21-11-5-2-6-12-21/h1-17,26H,18H2. The fourth-order valence-electron chi connectivity index (χ4n) is 3.81. The number of imidazole rings is 1. The van der Waals surface area contributed by atoms with E-state index >= 15 is 0 Å². The van der Waals surface area contributed by atoms with E-state index in [0.717, 1.165) is 22.4 Å². The molecule has 0 radical (unpaired) electrons. The first-order chi connectivity index (χ1) is 15.7. The van der Waals surface area contributed by atoms with Crippen LogP contribution in [0.4, 0.5) is 0 Å². The van der Waals surface area contributed by atoms with Crippen LogP contribution in [0.15, 0.2) is 108 Å². The van der Waals surface area contributed by atoms with Gasteiger partial charge in [-0.05, 0) is 47.5 Å². The number of fused-ring (bicyclic) bond motifs is 1. The van der Waals surface area contributed by atoms with Gasteiger partial charge in [-0.25, -0.2) is 4.98 Å². The summed E-state index contributed by atoms with van der Waals surface area (Å²) in [4.78, 5) is 6.31. The molecular formula is C27H20Cl2N2S. The highest BCUT2D eigenvalue weighted by atomic mass is 35.5. The van der Waals surface area contributed by atoms with Crippen LogP contribution in [0.2, 0.25) is 10.0 Å². The van der Waals surface area contributed by atoms with E-state index in [1.807, 2.05) is 48.2 Å². The molecule has 2 nitrogen and oxygen atoms in total. The Labute approximate surface area is 201 Å². The molecule has 4 aromatic carbocycles. The lowest BCUT2D eigenvalue weighted by Crippen LogP contribution is -2.09. The molecule has 0 aliphatic carbocycles. The summed E-state index contributed by atoms with van der Waals surface area (Å²) >= 11 is 14.3. The summed E-state index contributed by atoms with van der Waals surface area (Å²) in [7, 11) is 0. The SMILES string of the molecule is Clc1ccc(Cn2c(C(Sc3ccccc3)c3ccccc3)nc3ccccc32)cc1Cl. The van der Waals surface area contributed by atoms with Gasteiger partial charge in [0.05, 0.1) is 26.3 Å². The smallest absolute Gasteiger partial charge is 0.128 e. The monoisotopic (exact) mass is 474 g/mol. The van der Waals surface area contributed by atoms with Crippen LogP contribution in [0.5, 0.6) is 0 Å². The molecule has 1 heterocycles. The van der Waals surface area contributed by atoms with Crippen molar-refractivity contribution in [1.29, 1.82) is 0 Å². The van der Waals surface area contributed by atoms with Gasteiger partial charge in [-0.1, -0.05) is 89.9 Å². The van der Waals surface area contributed by atoms with E-state index in [9.17, 15) is 0 Å². The fourth-order valence-corrected chi connectivity index (χ4v) is 5.30. The Bertz CT molecular complexity index is 1350. The van der Waals surface area contributed by atoms with Gasteiger partial charge in [0.1, 0.15) is 5.82 Å². The number of thioether (sulfide) groups is 1. The number of hydrogen-bond acceptors (Lipinski definition) is 2. The van der Waals surface area contributed by atoms with Crippen LogP contribution in [0, 0.1) is 0 Å². The van der Waals surface area contributed by atoms with Crippen molar-refractivity contribution < 1.29 is 0 Å². The van der Waals surface area contributed by atoms with Gasteiger partial charge in [-0.15, -0.1) is 11.8 Å². The normalized spacial score (nSPS) is 12.2. The summed E-state index contributed by atoms with van der Waals surface area (Å²) in [6.07, 6.45) is 0. The lowest BCUT2D eigenvalue weighted by atomic mass is 10.1. The lowest BCUT2D eigenvalue weighted by molar-refractivity contribution is 0.757.